The van der Waals surface area contributed by atoms with Crippen molar-refractivity contribution in [2.24, 2.45) is 5.92 Å². The molecule has 0 saturated carbocycles. The lowest BCUT2D eigenvalue weighted by Gasteiger charge is -2.17. The van der Waals surface area contributed by atoms with Gasteiger partial charge in [-0.25, -0.2) is 0 Å². The van der Waals surface area contributed by atoms with Gasteiger partial charge in [0.2, 0.25) is 0 Å². The lowest BCUT2D eigenvalue weighted by molar-refractivity contribution is 0.0777. The van der Waals surface area contributed by atoms with Gasteiger partial charge in [-0.1, -0.05) is 24.3 Å². The Balaban J connectivity index is 1.65. The lowest BCUT2D eigenvalue weighted by atomic mass is 9.90. The van der Waals surface area contributed by atoms with Crippen LogP contribution in [0, 0.1) is 5.92 Å². The molecule has 126 valence electrons. The summed E-state index contributed by atoms with van der Waals surface area (Å²) in [5.41, 5.74) is 1.58. The van der Waals surface area contributed by atoms with Crippen LogP contribution < -0.4 is 0 Å². The Morgan fingerprint density at radius 2 is 1.88 bits per heavy atom. The molecule has 1 saturated heterocycles. The van der Waals surface area contributed by atoms with Crippen molar-refractivity contribution < 1.29 is 9.90 Å². The Morgan fingerprint density at radius 1 is 1.08 bits per heavy atom. The molecule has 1 aliphatic rings. The van der Waals surface area contributed by atoms with Crippen molar-refractivity contribution in [2.45, 2.75) is 5.92 Å². The molecule has 3 aromatic rings. The summed E-state index contributed by atoms with van der Waals surface area (Å²) in [4.78, 5) is 23.3. The van der Waals surface area contributed by atoms with Crippen molar-refractivity contribution in [3.8, 4) is 0 Å². The first-order valence-electron chi connectivity index (χ1n) is 8.41. The molecule has 1 amide bonds. The molecule has 1 N–H and O–H groups in total. The normalized spacial score (nSPS) is 20.1. The SMILES string of the molecule is O=C(c1nccc2ccccc12)N1C[C@@H](CO)[C@H](c2ccncc2)C1. The second kappa shape index (κ2) is 6.61. The third-order valence-electron chi connectivity index (χ3n) is 4.97. The summed E-state index contributed by atoms with van der Waals surface area (Å²) in [6.45, 7) is 1.17. The zero-order valence-corrected chi connectivity index (χ0v) is 13.7. The van der Waals surface area contributed by atoms with Gasteiger partial charge in [-0.15, -0.1) is 0 Å². The number of amides is 1. The van der Waals surface area contributed by atoms with Gasteiger partial charge in [0.05, 0.1) is 0 Å². The summed E-state index contributed by atoms with van der Waals surface area (Å²) in [5.74, 6) is 0.0695. The molecule has 1 fully saturated rings. The standard InChI is InChI=1S/C20H19N3O2/c24-13-16-11-23(12-18(16)15-5-8-21-9-6-15)20(25)19-17-4-2-1-3-14(17)7-10-22-19/h1-10,16,18,24H,11-13H2/t16-,18-/m0/s1. The van der Waals surface area contributed by atoms with E-state index in [-0.39, 0.29) is 24.3 Å². The largest absolute Gasteiger partial charge is 0.396 e. The van der Waals surface area contributed by atoms with Gasteiger partial charge in [0.15, 0.2) is 0 Å². The first kappa shape index (κ1) is 15.7. The van der Waals surface area contributed by atoms with E-state index in [4.69, 9.17) is 0 Å². The number of aromatic nitrogens is 2. The Labute approximate surface area is 146 Å². The Hall–Kier alpha value is -2.79. The smallest absolute Gasteiger partial charge is 0.273 e. The van der Waals surface area contributed by atoms with Crippen LogP contribution in [0.2, 0.25) is 0 Å². The highest BCUT2D eigenvalue weighted by Crippen LogP contribution is 2.33. The molecule has 0 radical (unpaired) electrons. The Bertz CT molecular complexity index is 892. The number of benzene rings is 1. The van der Waals surface area contributed by atoms with Crippen molar-refractivity contribution in [2.75, 3.05) is 19.7 Å². The molecule has 3 heterocycles. The van der Waals surface area contributed by atoms with Crippen molar-refractivity contribution >= 4 is 16.7 Å². The predicted octanol–water partition coefficient (Wildman–Crippen LogP) is 2.48. The molecule has 0 aliphatic carbocycles. The first-order chi connectivity index (χ1) is 12.3. The van der Waals surface area contributed by atoms with Crippen LogP contribution in [0.15, 0.2) is 61.1 Å². The highest BCUT2D eigenvalue weighted by Gasteiger charge is 2.36. The molecular weight excluding hydrogens is 314 g/mol. The molecule has 5 nitrogen and oxygen atoms in total. The highest BCUT2D eigenvalue weighted by molar-refractivity contribution is 6.05. The number of hydrogen-bond acceptors (Lipinski definition) is 4. The number of fused-ring (bicyclic) bond motifs is 1. The molecule has 0 unspecified atom stereocenters. The molecule has 0 bridgehead atoms. The van der Waals surface area contributed by atoms with Gasteiger partial charge in [-0.3, -0.25) is 14.8 Å². The van der Waals surface area contributed by atoms with Crippen molar-refractivity contribution in [1.29, 1.82) is 0 Å². The Kier molecular flexibility index (Phi) is 4.15. The predicted molar refractivity (Wildman–Crippen MR) is 95.2 cm³/mol. The van der Waals surface area contributed by atoms with Crippen LogP contribution in [0.5, 0.6) is 0 Å². The molecule has 0 spiro atoms. The Morgan fingerprint density at radius 3 is 2.68 bits per heavy atom. The van der Waals surface area contributed by atoms with Crippen LogP contribution in [0.3, 0.4) is 0 Å². The van der Waals surface area contributed by atoms with E-state index in [2.05, 4.69) is 9.97 Å². The minimum Gasteiger partial charge on any atom is -0.396 e. The quantitative estimate of drug-likeness (QED) is 0.800. The number of likely N-dealkylation sites (tertiary alicyclic amines) is 1. The average molecular weight is 333 g/mol. The van der Waals surface area contributed by atoms with E-state index in [1.54, 1.807) is 23.5 Å². The maximum Gasteiger partial charge on any atom is 0.273 e. The van der Waals surface area contributed by atoms with Crippen LogP contribution >= 0.6 is 0 Å². The fraction of sp³-hybridized carbons (Fsp3) is 0.250. The number of rotatable bonds is 3. The van der Waals surface area contributed by atoms with E-state index in [0.717, 1.165) is 16.3 Å². The fourth-order valence-electron chi connectivity index (χ4n) is 3.65. The van der Waals surface area contributed by atoms with Gasteiger partial charge in [-0.05, 0) is 29.1 Å². The molecule has 4 rings (SSSR count). The van der Waals surface area contributed by atoms with E-state index >= 15 is 0 Å². The first-order valence-corrected chi connectivity index (χ1v) is 8.41. The number of hydrogen-bond donors (Lipinski definition) is 1. The lowest BCUT2D eigenvalue weighted by Crippen LogP contribution is -2.30. The maximum absolute atomic E-state index is 13.1. The van der Waals surface area contributed by atoms with Crippen LogP contribution in [0.25, 0.3) is 10.8 Å². The minimum atomic E-state index is -0.0770. The number of carbonyl (C=O) groups is 1. The van der Waals surface area contributed by atoms with E-state index in [0.29, 0.717) is 18.8 Å². The van der Waals surface area contributed by atoms with Crippen molar-refractivity contribution in [3.05, 3.63) is 72.3 Å². The van der Waals surface area contributed by atoms with E-state index in [9.17, 15) is 9.90 Å². The zero-order chi connectivity index (χ0) is 17.2. The third-order valence-corrected chi connectivity index (χ3v) is 4.97. The third kappa shape index (κ3) is 2.87. The molecule has 1 aromatic carbocycles. The number of nitrogens with zero attached hydrogens (tertiary/aromatic N) is 3. The van der Waals surface area contributed by atoms with Gasteiger partial charge >= 0.3 is 0 Å². The van der Waals surface area contributed by atoms with Crippen LogP contribution in [0.4, 0.5) is 0 Å². The van der Waals surface area contributed by atoms with Gasteiger partial charge < -0.3 is 10.0 Å². The molecule has 2 atom stereocenters. The van der Waals surface area contributed by atoms with E-state index in [1.165, 1.54) is 0 Å². The number of aliphatic hydroxyl groups is 1. The number of carbonyl (C=O) groups excluding carboxylic acids is 1. The molecule has 5 heteroatoms. The monoisotopic (exact) mass is 333 g/mol. The maximum atomic E-state index is 13.1. The molecule has 25 heavy (non-hydrogen) atoms. The van der Waals surface area contributed by atoms with Gasteiger partial charge in [0.1, 0.15) is 5.69 Å². The molecular formula is C20H19N3O2. The second-order valence-corrected chi connectivity index (χ2v) is 6.42. The van der Waals surface area contributed by atoms with Crippen LogP contribution in [-0.4, -0.2) is 45.6 Å². The van der Waals surface area contributed by atoms with Gasteiger partial charge in [-0.2, -0.15) is 0 Å². The van der Waals surface area contributed by atoms with Gasteiger partial charge in [0, 0.05) is 55.5 Å². The van der Waals surface area contributed by atoms with Crippen LogP contribution in [0.1, 0.15) is 22.0 Å². The summed E-state index contributed by atoms with van der Waals surface area (Å²) in [7, 11) is 0. The summed E-state index contributed by atoms with van der Waals surface area (Å²) >= 11 is 0. The summed E-state index contributed by atoms with van der Waals surface area (Å²) in [5, 5.41) is 11.6. The van der Waals surface area contributed by atoms with Crippen molar-refractivity contribution in [1.82, 2.24) is 14.9 Å². The minimum absolute atomic E-state index is 0.0290. The fourth-order valence-corrected chi connectivity index (χ4v) is 3.65. The summed E-state index contributed by atoms with van der Waals surface area (Å²) in [6, 6.07) is 13.6. The second-order valence-electron chi connectivity index (χ2n) is 6.42. The highest BCUT2D eigenvalue weighted by atomic mass is 16.3. The summed E-state index contributed by atoms with van der Waals surface area (Å²) in [6.07, 6.45) is 5.18. The zero-order valence-electron chi connectivity index (χ0n) is 13.7. The topological polar surface area (TPSA) is 66.3 Å². The van der Waals surface area contributed by atoms with Crippen LogP contribution in [-0.2, 0) is 0 Å². The summed E-state index contributed by atoms with van der Waals surface area (Å²) < 4.78 is 0. The number of pyridine rings is 2. The molecule has 1 aliphatic heterocycles. The van der Waals surface area contributed by atoms with Gasteiger partial charge in [0.25, 0.3) is 5.91 Å². The molecule has 2 aromatic heterocycles. The van der Waals surface area contributed by atoms with E-state index < -0.39 is 0 Å². The average Bonchev–Trinajstić information content (AvgIpc) is 3.12. The van der Waals surface area contributed by atoms with E-state index in [1.807, 2.05) is 42.5 Å². The number of aliphatic hydroxyl groups excluding tert-OH is 1. The van der Waals surface area contributed by atoms with Crippen molar-refractivity contribution in [3.63, 3.8) is 0 Å².